The summed E-state index contributed by atoms with van der Waals surface area (Å²) in [6, 6.07) is 0. The van der Waals surface area contributed by atoms with Crippen molar-refractivity contribution in [3.63, 3.8) is 0 Å². The van der Waals surface area contributed by atoms with E-state index in [0.717, 1.165) is 26.2 Å². The third kappa shape index (κ3) is 9.48. The normalized spacial score (nSPS) is 10.8. The number of rotatable bonds is 4. The van der Waals surface area contributed by atoms with Crippen molar-refractivity contribution in [1.82, 2.24) is 0 Å². The number of hydrogen-bond acceptors (Lipinski definition) is 6. The van der Waals surface area contributed by atoms with Gasteiger partial charge in [-0.1, -0.05) is 0 Å². The molecule has 19 heavy (non-hydrogen) atoms. The summed E-state index contributed by atoms with van der Waals surface area (Å²) in [6.07, 6.45) is 0. The van der Waals surface area contributed by atoms with Gasteiger partial charge in [-0.3, -0.25) is 0 Å². The van der Waals surface area contributed by atoms with Gasteiger partial charge in [-0.2, -0.15) is 0 Å². The minimum atomic E-state index is 0. The molecule has 108 valence electrons. The predicted molar refractivity (Wildman–Crippen MR) is 97.3 cm³/mol. The zero-order valence-electron chi connectivity index (χ0n) is 11.9. The number of thiocarbonyl (C=S) groups is 2. The summed E-state index contributed by atoms with van der Waals surface area (Å²) < 4.78 is 1.61. The van der Waals surface area contributed by atoms with Gasteiger partial charge in [0.05, 0.1) is 26.2 Å². The molecule has 0 aliphatic heterocycles. The summed E-state index contributed by atoms with van der Waals surface area (Å²) in [5.41, 5.74) is 0. The van der Waals surface area contributed by atoms with Gasteiger partial charge >= 0.3 is 19.5 Å². The Morgan fingerprint density at radius 3 is 0.895 bits per heavy atom. The van der Waals surface area contributed by atoms with Crippen LogP contribution in [0.1, 0.15) is 27.7 Å². The van der Waals surface area contributed by atoms with Gasteiger partial charge in [0.2, 0.25) is 0 Å². The topological polar surface area (TPSA) is 0 Å². The van der Waals surface area contributed by atoms with Gasteiger partial charge in [0.25, 0.3) is 0 Å². The van der Waals surface area contributed by atoms with Crippen molar-refractivity contribution in [2.24, 2.45) is 0 Å². The predicted octanol–water partition coefficient (Wildman–Crippen LogP) is 2.27. The van der Waals surface area contributed by atoms with Crippen molar-refractivity contribution in [2.45, 2.75) is 27.7 Å². The second-order valence-corrected chi connectivity index (χ2v) is 7.04. The number of nitrogens with zero attached hydrogens (tertiary/aromatic N) is 2. The summed E-state index contributed by atoms with van der Waals surface area (Å²) in [7, 11) is 0. The summed E-state index contributed by atoms with van der Waals surface area (Å²) in [5.74, 6) is 0. The molecule has 0 unspecified atom stereocenters. The van der Waals surface area contributed by atoms with Crippen LogP contribution in [-0.4, -0.2) is 42.6 Å². The van der Waals surface area contributed by atoms with Crippen LogP contribution < -0.4 is 0 Å². The van der Waals surface area contributed by atoms with Gasteiger partial charge in [0.1, 0.15) is 0 Å². The van der Waals surface area contributed by atoms with E-state index in [1.54, 1.807) is 0 Å². The Balaban J connectivity index is -0.000000256. The Labute approximate surface area is 163 Å². The van der Waals surface area contributed by atoms with E-state index in [1.165, 1.54) is 0 Å². The average molecular weight is 426 g/mol. The van der Waals surface area contributed by atoms with E-state index in [-0.39, 0.29) is 19.5 Å². The van der Waals surface area contributed by atoms with Crippen LogP contribution in [0.15, 0.2) is 0 Å². The van der Waals surface area contributed by atoms with Crippen molar-refractivity contribution in [2.75, 3.05) is 26.2 Å². The number of hydrogen-bond donors (Lipinski definition) is 0. The van der Waals surface area contributed by atoms with E-state index < -0.39 is 0 Å². The minimum absolute atomic E-state index is 0. The fourth-order valence-electron chi connectivity index (χ4n) is 0.964. The van der Waals surface area contributed by atoms with Crippen LogP contribution in [-0.2, 0) is 70.4 Å². The fraction of sp³-hybridized carbons (Fsp3) is 0.800. The molecule has 0 fully saturated rings. The summed E-state index contributed by atoms with van der Waals surface area (Å²) in [5, 5.41) is 0. The Morgan fingerprint density at radius 1 is 0.737 bits per heavy atom. The first-order valence-electron chi connectivity index (χ1n) is 5.72. The van der Waals surface area contributed by atoms with Crippen LogP contribution in [0.4, 0.5) is 0 Å². The van der Waals surface area contributed by atoms with E-state index in [2.05, 4.69) is 0 Å². The average Bonchev–Trinajstić information content (AvgIpc) is 2.36. The molecule has 0 spiro atoms. The molecule has 0 aromatic carbocycles. The summed E-state index contributed by atoms with van der Waals surface area (Å²) in [4.78, 5) is 0. The van der Waals surface area contributed by atoms with Crippen LogP contribution >= 0.6 is 24.4 Å². The van der Waals surface area contributed by atoms with Gasteiger partial charge in [0, 0.05) is 8.64 Å². The van der Waals surface area contributed by atoms with Gasteiger partial charge in [-0.25, -0.2) is 0 Å². The largest absolute Gasteiger partial charge is 2.00 e. The van der Waals surface area contributed by atoms with E-state index in [9.17, 15) is 0 Å². The smallest absolute Gasteiger partial charge is 0.489 e. The molecule has 0 aliphatic carbocycles. The van der Waals surface area contributed by atoms with E-state index >= 15 is 0 Å². The maximum atomic E-state index is 5.12. The van der Waals surface area contributed by atoms with Crippen LogP contribution in [0.2, 0.25) is 0 Å². The first-order chi connectivity index (χ1) is 8.13. The monoisotopic (exact) mass is 424 g/mol. The molecule has 2 nitrogen and oxygen atoms in total. The minimum Gasteiger partial charge on any atom is -0.489 e. The Hall–Kier alpha value is 1.86. The maximum Gasteiger partial charge on any atom is 2.00 e. The second-order valence-electron chi connectivity index (χ2n) is 3.58. The second kappa shape index (κ2) is 12.4. The summed E-state index contributed by atoms with van der Waals surface area (Å²) >= 11 is 29.5. The molecule has 0 heterocycles. The molecule has 0 saturated carbocycles. The van der Waals surface area contributed by atoms with E-state index in [0.29, 0.717) is 16.4 Å². The van der Waals surface area contributed by atoms with E-state index in [4.69, 9.17) is 75.3 Å². The van der Waals surface area contributed by atoms with E-state index in [1.807, 2.05) is 27.7 Å². The molecule has 0 N–H and O–H groups in total. The third-order valence-corrected chi connectivity index (χ3v) is 5.97. The quantitative estimate of drug-likeness (QED) is 0.291. The standard InChI is InChI=1S/2C5H11NS3.Zn/c2*1-3-6(9,4-2)5(7)8;/h2*3-4H2,1-2H3,(H,7,8);/q;;+2/p-2. The van der Waals surface area contributed by atoms with Crippen molar-refractivity contribution in [3.8, 4) is 0 Å². The Bertz CT molecular complexity index is 251. The SMILES string of the molecule is CC[N+]([S-])(CC)C(=S)[S-].CC[N+]([S-])(CC)C(=S)[S-].[Zn+2]. The van der Waals surface area contributed by atoms with Crippen molar-refractivity contribution >= 4 is 84.0 Å². The molecular formula is C10H20N2S6Zn. The zero-order chi connectivity index (χ0) is 15.0. The van der Waals surface area contributed by atoms with Crippen LogP contribution in [0.25, 0.3) is 0 Å². The molecular weight excluding hydrogens is 406 g/mol. The molecule has 0 aromatic heterocycles. The molecule has 0 rings (SSSR count). The molecule has 0 saturated heterocycles. The van der Waals surface area contributed by atoms with Crippen molar-refractivity contribution in [1.29, 1.82) is 0 Å². The van der Waals surface area contributed by atoms with Gasteiger partial charge in [0.15, 0.2) is 0 Å². The first-order valence-corrected chi connectivity index (χ1v) is 8.09. The van der Waals surface area contributed by atoms with Gasteiger partial charge in [-0.15, -0.1) is 0 Å². The molecule has 0 radical (unpaired) electrons. The molecule has 0 amide bonds. The fourth-order valence-corrected chi connectivity index (χ4v) is 2.00. The molecule has 0 aliphatic rings. The van der Waals surface area contributed by atoms with Crippen LogP contribution in [0, 0.1) is 0 Å². The third-order valence-electron chi connectivity index (χ3n) is 2.71. The maximum absolute atomic E-state index is 5.12. The van der Waals surface area contributed by atoms with Crippen molar-refractivity contribution in [3.05, 3.63) is 0 Å². The number of quaternary nitrogens is 2. The Morgan fingerprint density at radius 2 is 0.895 bits per heavy atom. The molecule has 0 bridgehead atoms. The molecule has 9 heteroatoms. The summed E-state index contributed by atoms with van der Waals surface area (Å²) in [6.45, 7) is 11.2. The van der Waals surface area contributed by atoms with Crippen molar-refractivity contribution < 1.29 is 27.3 Å². The van der Waals surface area contributed by atoms with Crippen LogP contribution in [0.3, 0.4) is 0 Å². The molecule has 0 atom stereocenters. The van der Waals surface area contributed by atoms with Gasteiger partial charge in [-0.05, 0) is 27.7 Å². The van der Waals surface area contributed by atoms with Crippen LogP contribution in [0.5, 0.6) is 0 Å². The zero-order valence-corrected chi connectivity index (χ0v) is 19.7. The Kier molecular flexibility index (Phi) is 16.9. The first kappa shape index (κ1) is 25.8. The van der Waals surface area contributed by atoms with Gasteiger partial charge < -0.3 is 83.1 Å². The molecule has 0 aromatic rings.